The van der Waals surface area contributed by atoms with Crippen molar-refractivity contribution in [1.29, 1.82) is 0 Å². The molecule has 1 saturated heterocycles. The summed E-state index contributed by atoms with van der Waals surface area (Å²) in [5, 5.41) is 6.39. The molecule has 1 aromatic rings. The Kier molecular flexibility index (Phi) is 5.07. The highest BCUT2D eigenvalue weighted by Gasteiger charge is 2.19. The summed E-state index contributed by atoms with van der Waals surface area (Å²) in [5.74, 6) is 0.214. The highest BCUT2D eigenvalue weighted by atomic mass is 16.5. The SMILES string of the molecule is CCC(=O)C(NC)c1ccc(C2CNCCO2)cc1. The molecule has 19 heavy (non-hydrogen) atoms. The third-order valence-electron chi connectivity index (χ3n) is 3.53. The Morgan fingerprint density at radius 2 is 2.21 bits per heavy atom. The molecule has 4 nitrogen and oxygen atoms in total. The van der Waals surface area contributed by atoms with Gasteiger partial charge in [-0.15, -0.1) is 0 Å². The van der Waals surface area contributed by atoms with Crippen molar-refractivity contribution in [1.82, 2.24) is 10.6 Å². The Morgan fingerprint density at radius 3 is 2.74 bits per heavy atom. The fourth-order valence-electron chi connectivity index (χ4n) is 2.40. The molecule has 2 rings (SSSR count). The Labute approximate surface area is 114 Å². The van der Waals surface area contributed by atoms with Gasteiger partial charge in [0.15, 0.2) is 5.78 Å². The number of rotatable bonds is 5. The highest BCUT2D eigenvalue weighted by molar-refractivity contribution is 5.85. The Balaban J connectivity index is 2.10. The lowest BCUT2D eigenvalue weighted by Crippen LogP contribution is -2.33. The highest BCUT2D eigenvalue weighted by Crippen LogP contribution is 2.22. The van der Waals surface area contributed by atoms with Crippen molar-refractivity contribution in [3.63, 3.8) is 0 Å². The number of ether oxygens (including phenoxy) is 1. The summed E-state index contributed by atoms with van der Waals surface area (Å²) in [7, 11) is 1.82. The number of hydrogen-bond donors (Lipinski definition) is 2. The normalized spacial score (nSPS) is 21.1. The quantitative estimate of drug-likeness (QED) is 0.846. The number of nitrogens with one attached hydrogen (secondary N) is 2. The number of ketones is 1. The predicted molar refractivity (Wildman–Crippen MR) is 75.1 cm³/mol. The largest absolute Gasteiger partial charge is 0.371 e. The molecular weight excluding hydrogens is 240 g/mol. The zero-order valence-corrected chi connectivity index (χ0v) is 11.6. The smallest absolute Gasteiger partial charge is 0.153 e. The third-order valence-corrected chi connectivity index (χ3v) is 3.53. The summed E-state index contributed by atoms with van der Waals surface area (Å²) in [6.45, 7) is 4.41. The summed E-state index contributed by atoms with van der Waals surface area (Å²) in [6, 6.07) is 7.94. The maximum absolute atomic E-state index is 11.8. The molecule has 0 aromatic heterocycles. The number of carbonyl (C=O) groups is 1. The maximum Gasteiger partial charge on any atom is 0.153 e. The summed E-state index contributed by atoms with van der Waals surface area (Å²) >= 11 is 0. The maximum atomic E-state index is 11.8. The second-order valence-electron chi connectivity index (χ2n) is 4.77. The molecule has 4 heteroatoms. The van der Waals surface area contributed by atoms with Crippen LogP contribution in [0.1, 0.15) is 36.6 Å². The number of likely N-dealkylation sites (N-methyl/N-ethyl adjacent to an activating group) is 1. The van der Waals surface area contributed by atoms with E-state index in [0.717, 1.165) is 30.8 Å². The van der Waals surface area contributed by atoms with Crippen LogP contribution in [0.5, 0.6) is 0 Å². The first-order chi connectivity index (χ1) is 9.26. The van der Waals surface area contributed by atoms with E-state index in [9.17, 15) is 4.79 Å². The van der Waals surface area contributed by atoms with Gasteiger partial charge in [0.2, 0.25) is 0 Å². The first-order valence-corrected chi connectivity index (χ1v) is 6.88. The molecular formula is C15H22N2O2. The molecule has 0 spiro atoms. The fourth-order valence-corrected chi connectivity index (χ4v) is 2.40. The van der Waals surface area contributed by atoms with E-state index in [-0.39, 0.29) is 17.9 Å². The van der Waals surface area contributed by atoms with Gasteiger partial charge >= 0.3 is 0 Å². The number of carbonyl (C=O) groups excluding carboxylic acids is 1. The topological polar surface area (TPSA) is 50.4 Å². The second kappa shape index (κ2) is 6.80. The minimum Gasteiger partial charge on any atom is -0.371 e. The lowest BCUT2D eigenvalue weighted by molar-refractivity contribution is -0.120. The molecule has 1 fully saturated rings. The van der Waals surface area contributed by atoms with E-state index in [1.807, 2.05) is 26.1 Å². The van der Waals surface area contributed by atoms with Crippen molar-refractivity contribution in [3.8, 4) is 0 Å². The van der Waals surface area contributed by atoms with Crippen LogP contribution in [0.2, 0.25) is 0 Å². The van der Waals surface area contributed by atoms with Gasteiger partial charge in [-0.3, -0.25) is 4.79 Å². The van der Waals surface area contributed by atoms with Crippen molar-refractivity contribution in [2.24, 2.45) is 0 Å². The molecule has 2 unspecified atom stereocenters. The van der Waals surface area contributed by atoms with Gasteiger partial charge in [0.25, 0.3) is 0 Å². The molecule has 2 N–H and O–H groups in total. The molecule has 1 aliphatic rings. The standard InChI is InChI=1S/C15H22N2O2/c1-3-13(18)15(16-2)12-6-4-11(5-7-12)14-10-17-8-9-19-14/h4-7,14-17H,3,8-10H2,1-2H3. The van der Waals surface area contributed by atoms with Gasteiger partial charge in [-0.25, -0.2) is 0 Å². The summed E-state index contributed by atoms with van der Waals surface area (Å²) in [5.41, 5.74) is 2.18. The van der Waals surface area contributed by atoms with Gasteiger partial charge in [-0.05, 0) is 18.2 Å². The average molecular weight is 262 g/mol. The minimum atomic E-state index is -0.204. The molecule has 0 amide bonds. The Morgan fingerprint density at radius 1 is 1.47 bits per heavy atom. The van der Waals surface area contributed by atoms with Crippen LogP contribution >= 0.6 is 0 Å². The van der Waals surface area contributed by atoms with Crippen molar-refractivity contribution >= 4 is 5.78 Å². The Bertz CT molecular complexity index is 411. The fraction of sp³-hybridized carbons (Fsp3) is 0.533. The monoisotopic (exact) mass is 262 g/mol. The first kappa shape index (κ1) is 14.2. The van der Waals surface area contributed by atoms with Crippen molar-refractivity contribution in [3.05, 3.63) is 35.4 Å². The average Bonchev–Trinajstić information content (AvgIpc) is 2.49. The molecule has 104 valence electrons. The lowest BCUT2D eigenvalue weighted by atomic mass is 9.98. The van der Waals surface area contributed by atoms with Gasteiger partial charge in [-0.1, -0.05) is 31.2 Å². The number of hydrogen-bond acceptors (Lipinski definition) is 4. The molecule has 0 aliphatic carbocycles. The van der Waals surface area contributed by atoms with Crippen LogP contribution in [0.4, 0.5) is 0 Å². The van der Waals surface area contributed by atoms with Crippen molar-refractivity contribution < 1.29 is 9.53 Å². The number of benzene rings is 1. The molecule has 0 radical (unpaired) electrons. The lowest BCUT2D eigenvalue weighted by Gasteiger charge is -2.24. The van der Waals surface area contributed by atoms with Crippen molar-refractivity contribution in [2.45, 2.75) is 25.5 Å². The molecule has 1 heterocycles. The van der Waals surface area contributed by atoms with Gasteiger partial charge < -0.3 is 15.4 Å². The van der Waals surface area contributed by atoms with E-state index in [0.29, 0.717) is 6.42 Å². The van der Waals surface area contributed by atoms with E-state index in [1.54, 1.807) is 0 Å². The molecule has 0 bridgehead atoms. The van der Waals surface area contributed by atoms with Crippen LogP contribution in [-0.4, -0.2) is 32.5 Å². The molecule has 1 aliphatic heterocycles. The van der Waals surface area contributed by atoms with Crippen LogP contribution in [-0.2, 0) is 9.53 Å². The zero-order valence-electron chi connectivity index (χ0n) is 11.6. The number of Topliss-reactive ketones (excluding diaryl/α,β-unsaturated/α-hetero) is 1. The third kappa shape index (κ3) is 3.41. The van der Waals surface area contributed by atoms with E-state index in [4.69, 9.17) is 4.74 Å². The van der Waals surface area contributed by atoms with Gasteiger partial charge in [0, 0.05) is 19.5 Å². The van der Waals surface area contributed by atoms with Crippen molar-refractivity contribution in [2.75, 3.05) is 26.7 Å². The summed E-state index contributed by atoms with van der Waals surface area (Å²) < 4.78 is 5.71. The van der Waals surface area contributed by atoms with Crippen LogP contribution in [0, 0.1) is 0 Å². The number of morpholine rings is 1. The zero-order chi connectivity index (χ0) is 13.7. The van der Waals surface area contributed by atoms with E-state index in [2.05, 4.69) is 22.8 Å². The van der Waals surface area contributed by atoms with E-state index in [1.165, 1.54) is 0 Å². The van der Waals surface area contributed by atoms with E-state index < -0.39 is 0 Å². The van der Waals surface area contributed by atoms with Crippen LogP contribution in [0.15, 0.2) is 24.3 Å². The van der Waals surface area contributed by atoms with Crippen LogP contribution < -0.4 is 10.6 Å². The molecule has 2 atom stereocenters. The predicted octanol–water partition coefficient (Wildman–Crippen LogP) is 1.59. The van der Waals surface area contributed by atoms with E-state index >= 15 is 0 Å². The van der Waals surface area contributed by atoms with Gasteiger partial charge in [0.05, 0.1) is 18.8 Å². The minimum absolute atomic E-state index is 0.123. The van der Waals surface area contributed by atoms with Crippen LogP contribution in [0.25, 0.3) is 0 Å². The molecule has 1 aromatic carbocycles. The van der Waals surface area contributed by atoms with Gasteiger partial charge in [-0.2, -0.15) is 0 Å². The van der Waals surface area contributed by atoms with Gasteiger partial charge in [0.1, 0.15) is 0 Å². The summed E-state index contributed by atoms with van der Waals surface area (Å²) in [4.78, 5) is 11.8. The Hall–Kier alpha value is -1.23. The first-order valence-electron chi connectivity index (χ1n) is 6.88. The molecule has 0 saturated carbocycles. The van der Waals surface area contributed by atoms with Crippen LogP contribution in [0.3, 0.4) is 0 Å². The summed E-state index contributed by atoms with van der Waals surface area (Å²) in [6.07, 6.45) is 0.667. The second-order valence-corrected chi connectivity index (χ2v) is 4.77.